The average molecular weight is 1550 g/mol. The second kappa shape index (κ2) is 59.6. The molecule has 0 bridgehead atoms. The summed E-state index contributed by atoms with van der Waals surface area (Å²) >= 11 is 0. The highest BCUT2D eigenvalue weighted by Gasteiger charge is 2.13. The molecule has 642 valence electrons. The van der Waals surface area contributed by atoms with Gasteiger partial charge in [-0.25, -0.2) is 0 Å². The summed E-state index contributed by atoms with van der Waals surface area (Å²) in [6, 6.07) is 48.8. The maximum Gasteiger partial charge on any atom is -0.0213 e. The lowest BCUT2D eigenvalue weighted by Gasteiger charge is -2.15. The van der Waals surface area contributed by atoms with Crippen LogP contribution >= 0.6 is 0 Å². The van der Waals surface area contributed by atoms with Crippen molar-refractivity contribution in [2.75, 3.05) is 0 Å². The van der Waals surface area contributed by atoms with Crippen LogP contribution in [-0.2, 0) is 0 Å². The molecule has 0 aliphatic heterocycles. The monoisotopic (exact) mass is 1550 g/mol. The van der Waals surface area contributed by atoms with E-state index in [-0.39, 0.29) is 66.8 Å². The van der Waals surface area contributed by atoms with Crippen LogP contribution in [0.4, 0.5) is 0 Å². The third kappa shape index (κ3) is 40.4. The van der Waals surface area contributed by atoms with Gasteiger partial charge in [0, 0.05) is 0 Å². The Kier molecular flexibility index (Phi) is 65.5. The molecular weight excluding hydrogens is 1360 g/mol. The highest BCUT2D eigenvalue weighted by molar-refractivity contribution is 5.45. The van der Waals surface area contributed by atoms with Crippen molar-refractivity contribution in [2.24, 2.45) is 0 Å². The highest BCUT2D eigenvalue weighted by atomic mass is 14.2. The van der Waals surface area contributed by atoms with Crippen LogP contribution in [-0.4, -0.2) is 0 Å². The van der Waals surface area contributed by atoms with Crippen LogP contribution in [0.2, 0.25) is 0 Å². The summed E-state index contributed by atoms with van der Waals surface area (Å²) < 4.78 is 0. The zero-order chi connectivity index (χ0) is 80.2. The summed E-state index contributed by atoms with van der Waals surface area (Å²) in [6.07, 6.45) is 0. The van der Waals surface area contributed by atoms with Gasteiger partial charge < -0.3 is 0 Å². The molecule has 9 aromatic carbocycles. The molecular formula is C113H190. The molecule has 0 nitrogen and oxygen atoms in total. The molecule has 0 N–H and O–H groups in total. The Morgan fingerprint density at radius 1 is 0.142 bits per heavy atom. The Hall–Kier alpha value is -7.02. The van der Waals surface area contributed by atoms with Gasteiger partial charge in [0.05, 0.1) is 0 Å². The van der Waals surface area contributed by atoms with Crippen molar-refractivity contribution in [3.63, 3.8) is 0 Å². The lowest BCUT2D eigenvalue weighted by Crippen LogP contribution is -1.97. The van der Waals surface area contributed by atoms with Crippen molar-refractivity contribution < 1.29 is 0 Å². The molecule has 0 amide bonds. The van der Waals surface area contributed by atoms with E-state index in [0.717, 1.165) is 0 Å². The Balaban J connectivity index is -0.000000152. The van der Waals surface area contributed by atoms with Crippen molar-refractivity contribution >= 4 is 0 Å². The molecule has 0 saturated carbocycles. The molecule has 0 fully saturated rings. The molecule has 0 saturated heterocycles. The smallest absolute Gasteiger partial charge is 0.0213 e. The molecule has 0 radical (unpaired) electrons. The number of benzene rings is 9. The largest absolute Gasteiger partial charge is 0.0776 e. The van der Waals surface area contributed by atoms with Crippen LogP contribution in [0, 0.1) is 159 Å². The van der Waals surface area contributed by atoms with Crippen LogP contribution < -0.4 is 0 Å². The van der Waals surface area contributed by atoms with Gasteiger partial charge in [0.25, 0.3) is 0 Å². The zero-order valence-corrected chi connectivity index (χ0v) is 74.9. The van der Waals surface area contributed by atoms with E-state index in [1.807, 2.05) is 0 Å². The molecule has 0 aliphatic rings. The lowest BCUT2D eigenvalue weighted by molar-refractivity contribution is 0.843. The van der Waals surface area contributed by atoms with E-state index in [2.05, 4.69) is 417 Å². The van der Waals surface area contributed by atoms with Gasteiger partial charge in [0.1, 0.15) is 0 Å². The van der Waals surface area contributed by atoms with E-state index in [1.165, 1.54) is 178 Å². The Morgan fingerprint density at radius 3 is 0.770 bits per heavy atom. The van der Waals surface area contributed by atoms with E-state index in [4.69, 9.17) is 0 Å². The van der Waals surface area contributed by atoms with Gasteiger partial charge in [-0.15, -0.1) is 0 Å². The molecule has 113 heavy (non-hydrogen) atoms. The topological polar surface area (TPSA) is 0 Å². The maximum absolute atomic E-state index is 2.31. The third-order valence-corrected chi connectivity index (χ3v) is 21.4. The molecule has 9 aromatic rings. The Morgan fingerprint density at radius 2 is 0.407 bits per heavy atom. The number of hydrogen-bond acceptors (Lipinski definition) is 0. The first-order valence-corrected chi connectivity index (χ1v) is 39.7. The molecule has 0 spiro atoms. The second-order valence-corrected chi connectivity index (χ2v) is 33.5. The fourth-order valence-corrected chi connectivity index (χ4v) is 14.6. The summed E-state index contributed by atoms with van der Waals surface area (Å²) in [5.74, 6) is 5.81. The Labute approximate surface area is 711 Å². The quantitative estimate of drug-likeness (QED) is 0.135. The molecule has 0 heteroatoms. The molecule has 0 aliphatic carbocycles. The van der Waals surface area contributed by atoms with Crippen LogP contribution in [0.5, 0.6) is 0 Å². The first-order chi connectivity index (χ1) is 48.1. The maximum atomic E-state index is 2.31. The van der Waals surface area contributed by atoms with Gasteiger partial charge in [0.15, 0.2) is 0 Å². The van der Waals surface area contributed by atoms with Crippen molar-refractivity contribution in [3.8, 4) is 0 Å². The van der Waals surface area contributed by atoms with Crippen LogP contribution in [0.25, 0.3) is 0 Å². The van der Waals surface area contributed by atoms with Crippen LogP contribution in [0.3, 0.4) is 0 Å². The SMILES string of the molecule is C.C.C.C.C.C.C.C.C.Cc1cc(C)c(C(C)C)cc1C.Cc1cc(C)c(C)c(C(C)C)c1.Cc1ccc(C(C)C)c(C)c1.Cc1ccc(C(C)C)c(C)c1C.Cc1ccc(C)c(C(C)C)c1.Cc1ccc(C)c(C(C)C)c1C.Cc1ccc(C)c(C(C)C)c1C.Cc1cccc(C(C)C)c1C.Cc1cccc(C)c1C(C)C. The fraction of sp³-hybridized carbons (Fsp3) is 0.522. The number of rotatable bonds is 9. The molecule has 0 atom stereocenters. The van der Waals surface area contributed by atoms with Crippen molar-refractivity contribution in [3.05, 3.63) is 311 Å². The predicted octanol–water partition coefficient (Wildman–Crippen LogP) is 38.1. The van der Waals surface area contributed by atoms with Crippen LogP contribution in [0.1, 0.15) is 423 Å². The molecule has 0 heterocycles. The highest BCUT2D eigenvalue weighted by Crippen LogP contribution is 2.30. The number of aryl methyl sites for hydroxylation is 17. The van der Waals surface area contributed by atoms with Gasteiger partial charge in [-0.2, -0.15) is 0 Å². The summed E-state index contributed by atoms with van der Waals surface area (Å²) in [6.45, 7) is 90.7. The fourth-order valence-electron chi connectivity index (χ4n) is 14.6. The minimum Gasteiger partial charge on any atom is -0.0776 e. The predicted molar refractivity (Wildman–Crippen MR) is 534 cm³/mol. The van der Waals surface area contributed by atoms with E-state index in [1.54, 1.807) is 0 Å². The second-order valence-electron chi connectivity index (χ2n) is 33.5. The third-order valence-electron chi connectivity index (χ3n) is 21.4. The van der Waals surface area contributed by atoms with E-state index >= 15 is 0 Å². The van der Waals surface area contributed by atoms with Crippen LogP contribution in [0.15, 0.2) is 133 Å². The minimum absolute atomic E-state index is 0. The van der Waals surface area contributed by atoms with E-state index in [0.29, 0.717) is 53.3 Å². The lowest BCUT2D eigenvalue weighted by atomic mass is 9.91. The van der Waals surface area contributed by atoms with E-state index < -0.39 is 0 Å². The Bertz CT molecular complexity index is 3980. The van der Waals surface area contributed by atoms with E-state index in [9.17, 15) is 0 Å². The average Bonchev–Trinajstić information content (AvgIpc) is 0.832. The summed E-state index contributed by atoms with van der Waals surface area (Å²) in [4.78, 5) is 0. The zero-order valence-electron chi connectivity index (χ0n) is 74.9. The van der Waals surface area contributed by atoms with Crippen molar-refractivity contribution in [2.45, 2.75) is 404 Å². The summed E-state index contributed by atoms with van der Waals surface area (Å²) in [5, 5.41) is 0. The summed E-state index contributed by atoms with van der Waals surface area (Å²) in [7, 11) is 0. The van der Waals surface area contributed by atoms with Crippen molar-refractivity contribution in [1.82, 2.24) is 0 Å². The van der Waals surface area contributed by atoms with Gasteiger partial charge in [-0.05, 0) is 374 Å². The first-order valence-electron chi connectivity index (χ1n) is 39.7. The number of hydrogen-bond donors (Lipinski definition) is 0. The van der Waals surface area contributed by atoms with Gasteiger partial charge in [-0.1, -0.05) is 342 Å². The molecule has 0 unspecified atom stereocenters. The minimum atomic E-state index is 0. The standard InChI is InChI=1S/5C12H18.4C11H16.9CH4/c1-8(2)12-7-10(4)9(3)6-11(12)5;1-8(2)12-7-9(3)6-10(4)11(12)5;1-8(2)12-7-6-9(3)10(4)11(12)5;2*1-8(2)12-10(4)7-6-9(3)11(12)5;1-8(2)11-6-5-9(3)7-10(11)4;1-8(2)11-7-9(3)5-6-10(11)4;1-8(2)11-7-5-6-9(3)10(11)4;1-8(2)11-9(3)6-5-7-10(11)4;;;;;;;;;/h5*6-8H,1-5H3;4*5-8H,1-4H3;9*1H4. The van der Waals surface area contributed by atoms with Gasteiger partial charge in [-0.3, -0.25) is 0 Å². The molecule has 0 aromatic heterocycles. The van der Waals surface area contributed by atoms with Crippen molar-refractivity contribution in [1.29, 1.82) is 0 Å². The van der Waals surface area contributed by atoms with Gasteiger partial charge in [0.2, 0.25) is 0 Å². The summed E-state index contributed by atoms with van der Waals surface area (Å²) in [5.41, 5.74) is 46.0. The molecule has 9 rings (SSSR count). The van der Waals surface area contributed by atoms with Gasteiger partial charge >= 0.3 is 0 Å². The first kappa shape index (κ1) is 124. The normalized spacial score (nSPS) is 9.89.